The Morgan fingerprint density at radius 2 is 2.21 bits per heavy atom. The predicted molar refractivity (Wildman–Crippen MR) is 78.0 cm³/mol. The number of ether oxygens (including phenoxy) is 2. The van der Waals surface area contributed by atoms with Gasteiger partial charge in [-0.15, -0.1) is 0 Å². The summed E-state index contributed by atoms with van der Waals surface area (Å²) in [6.45, 7) is 7.41. The molecule has 1 aliphatic rings. The molecule has 1 heterocycles. The van der Waals surface area contributed by atoms with Gasteiger partial charge in [-0.25, -0.2) is 0 Å². The van der Waals surface area contributed by atoms with Crippen LogP contribution in [-0.4, -0.2) is 24.9 Å². The Bertz CT molecular complexity index is 460. The van der Waals surface area contributed by atoms with Crippen molar-refractivity contribution in [2.75, 3.05) is 13.2 Å². The average Bonchev–Trinajstić information content (AvgIpc) is 2.76. The molecule has 0 bridgehead atoms. The van der Waals surface area contributed by atoms with Gasteiger partial charge in [-0.1, -0.05) is 11.6 Å². The minimum atomic E-state index is -0.359. The van der Waals surface area contributed by atoms with Crippen molar-refractivity contribution in [1.82, 2.24) is 0 Å². The summed E-state index contributed by atoms with van der Waals surface area (Å²) >= 11 is 6.16. The second-order valence-electron chi connectivity index (χ2n) is 5.50. The lowest BCUT2D eigenvalue weighted by Crippen LogP contribution is -2.46. The fourth-order valence-corrected chi connectivity index (χ4v) is 2.72. The first-order valence-electron chi connectivity index (χ1n) is 6.77. The van der Waals surface area contributed by atoms with Crippen LogP contribution in [-0.2, 0) is 17.6 Å². The molecule has 1 aromatic carbocycles. The maximum Gasteiger partial charge on any atom is 0.125 e. The third-order valence-electron chi connectivity index (χ3n) is 3.67. The largest absolute Gasteiger partial charge is 0.493 e. The van der Waals surface area contributed by atoms with Crippen LogP contribution in [0.25, 0.3) is 0 Å². The lowest BCUT2D eigenvalue weighted by atomic mass is 9.92. The number of fused-ring (bicyclic) bond motifs is 1. The van der Waals surface area contributed by atoms with Gasteiger partial charge in [0.1, 0.15) is 5.75 Å². The first-order chi connectivity index (χ1) is 8.94. The lowest BCUT2D eigenvalue weighted by Gasteiger charge is -2.31. The Hall–Kier alpha value is -0.770. The second-order valence-corrected chi connectivity index (χ2v) is 5.94. The SMILES string of the molecule is CCOC(C)(C)C(N)Cc1cc(Cl)cc2c1OCC2. The van der Waals surface area contributed by atoms with E-state index >= 15 is 0 Å². The first-order valence-corrected chi connectivity index (χ1v) is 7.15. The van der Waals surface area contributed by atoms with Crippen molar-refractivity contribution in [3.05, 3.63) is 28.3 Å². The second kappa shape index (κ2) is 5.70. The number of benzene rings is 1. The molecule has 0 fully saturated rings. The highest BCUT2D eigenvalue weighted by atomic mass is 35.5. The van der Waals surface area contributed by atoms with Gasteiger partial charge in [-0.2, -0.15) is 0 Å². The highest BCUT2D eigenvalue weighted by Crippen LogP contribution is 2.34. The van der Waals surface area contributed by atoms with E-state index < -0.39 is 0 Å². The number of rotatable bonds is 5. The van der Waals surface area contributed by atoms with Crippen LogP contribution in [0, 0.1) is 0 Å². The summed E-state index contributed by atoms with van der Waals surface area (Å²) in [5.74, 6) is 0.965. The third kappa shape index (κ3) is 3.22. The van der Waals surface area contributed by atoms with E-state index in [-0.39, 0.29) is 11.6 Å². The van der Waals surface area contributed by atoms with Crippen molar-refractivity contribution in [2.45, 2.75) is 45.3 Å². The molecule has 0 spiro atoms. The molecule has 0 aromatic heterocycles. The predicted octanol–water partition coefficient (Wildman–Crippen LogP) is 2.96. The summed E-state index contributed by atoms with van der Waals surface area (Å²) in [5.41, 5.74) is 8.20. The molecular weight excluding hydrogens is 262 g/mol. The van der Waals surface area contributed by atoms with Crippen molar-refractivity contribution in [3.8, 4) is 5.75 Å². The number of hydrogen-bond donors (Lipinski definition) is 1. The summed E-state index contributed by atoms with van der Waals surface area (Å²) in [6, 6.07) is 3.83. The summed E-state index contributed by atoms with van der Waals surface area (Å²) < 4.78 is 11.4. The van der Waals surface area contributed by atoms with Crippen LogP contribution in [0.15, 0.2) is 12.1 Å². The molecule has 106 valence electrons. The van der Waals surface area contributed by atoms with Gasteiger partial charge in [-0.3, -0.25) is 0 Å². The molecule has 0 saturated carbocycles. The molecule has 4 heteroatoms. The van der Waals surface area contributed by atoms with Crippen LogP contribution >= 0.6 is 11.6 Å². The molecule has 0 aliphatic carbocycles. The van der Waals surface area contributed by atoms with Crippen molar-refractivity contribution >= 4 is 11.6 Å². The molecule has 0 radical (unpaired) electrons. The van der Waals surface area contributed by atoms with Crippen molar-refractivity contribution in [2.24, 2.45) is 5.73 Å². The maximum absolute atomic E-state index is 6.29. The lowest BCUT2D eigenvalue weighted by molar-refractivity contribution is -0.0289. The topological polar surface area (TPSA) is 44.5 Å². The van der Waals surface area contributed by atoms with Gasteiger partial charge >= 0.3 is 0 Å². The molecule has 0 amide bonds. The van der Waals surface area contributed by atoms with E-state index in [0.717, 1.165) is 29.4 Å². The summed E-state index contributed by atoms with van der Waals surface area (Å²) in [7, 11) is 0. The van der Waals surface area contributed by atoms with Crippen LogP contribution in [0.5, 0.6) is 5.75 Å². The zero-order chi connectivity index (χ0) is 14.0. The molecule has 19 heavy (non-hydrogen) atoms. The smallest absolute Gasteiger partial charge is 0.125 e. The molecule has 1 aliphatic heterocycles. The van der Waals surface area contributed by atoms with Crippen LogP contribution in [0.2, 0.25) is 5.02 Å². The fourth-order valence-electron chi connectivity index (χ4n) is 2.46. The maximum atomic E-state index is 6.29. The fraction of sp³-hybridized carbons (Fsp3) is 0.600. The summed E-state index contributed by atoms with van der Waals surface area (Å²) in [5, 5.41) is 0.751. The molecular formula is C15H22ClNO2. The first kappa shape index (κ1) is 14.6. The van der Waals surface area contributed by atoms with Gasteiger partial charge in [-0.05, 0) is 50.5 Å². The molecule has 1 atom stereocenters. The third-order valence-corrected chi connectivity index (χ3v) is 3.89. The van der Waals surface area contributed by atoms with E-state index in [1.165, 1.54) is 5.56 Å². The standard InChI is InChI=1S/C15H22ClNO2/c1-4-19-15(2,3)13(17)9-11-8-12(16)7-10-5-6-18-14(10)11/h7-8,13H,4-6,9,17H2,1-3H3. The number of halogens is 1. The van der Waals surface area contributed by atoms with Gasteiger partial charge in [0.05, 0.1) is 12.2 Å². The van der Waals surface area contributed by atoms with E-state index in [0.29, 0.717) is 13.0 Å². The Balaban J connectivity index is 2.20. The molecule has 2 N–H and O–H groups in total. The van der Waals surface area contributed by atoms with Gasteiger partial charge in [0.2, 0.25) is 0 Å². The average molecular weight is 284 g/mol. The van der Waals surface area contributed by atoms with Gasteiger partial charge in [0.25, 0.3) is 0 Å². The monoisotopic (exact) mass is 283 g/mol. The van der Waals surface area contributed by atoms with Gasteiger partial charge in [0.15, 0.2) is 0 Å². The van der Waals surface area contributed by atoms with Gasteiger partial charge in [0, 0.05) is 24.1 Å². The summed E-state index contributed by atoms with van der Waals surface area (Å²) in [4.78, 5) is 0. The van der Waals surface area contributed by atoms with Gasteiger partial charge < -0.3 is 15.2 Å². The van der Waals surface area contributed by atoms with E-state index in [1.807, 2.05) is 32.9 Å². The van der Waals surface area contributed by atoms with Crippen LogP contribution < -0.4 is 10.5 Å². The van der Waals surface area contributed by atoms with Crippen LogP contribution in [0.1, 0.15) is 31.9 Å². The van der Waals surface area contributed by atoms with Crippen molar-refractivity contribution in [1.29, 1.82) is 0 Å². The minimum Gasteiger partial charge on any atom is -0.493 e. The summed E-state index contributed by atoms with van der Waals surface area (Å²) in [6.07, 6.45) is 1.63. The van der Waals surface area contributed by atoms with Crippen LogP contribution in [0.3, 0.4) is 0 Å². The molecule has 1 unspecified atom stereocenters. The van der Waals surface area contributed by atoms with E-state index in [1.54, 1.807) is 0 Å². The zero-order valence-corrected chi connectivity index (χ0v) is 12.6. The normalized spacial score (nSPS) is 16.1. The number of nitrogens with two attached hydrogens (primary N) is 1. The van der Waals surface area contributed by atoms with E-state index in [2.05, 4.69) is 0 Å². The molecule has 1 aromatic rings. The molecule has 3 nitrogen and oxygen atoms in total. The van der Waals surface area contributed by atoms with E-state index in [4.69, 9.17) is 26.8 Å². The Morgan fingerprint density at radius 3 is 2.89 bits per heavy atom. The van der Waals surface area contributed by atoms with E-state index in [9.17, 15) is 0 Å². The Morgan fingerprint density at radius 1 is 1.47 bits per heavy atom. The molecule has 2 rings (SSSR count). The Kier molecular flexibility index (Phi) is 4.39. The minimum absolute atomic E-state index is 0.0979. The van der Waals surface area contributed by atoms with Crippen molar-refractivity contribution < 1.29 is 9.47 Å². The quantitative estimate of drug-likeness (QED) is 0.904. The molecule has 0 saturated heterocycles. The Labute approximate surface area is 120 Å². The highest BCUT2D eigenvalue weighted by molar-refractivity contribution is 6.30. The van der Waals surface area contributed by atoms with Crippen molar-refractivity contribution in [3.63, 3.8) is 0 Å². The highest BCUT2D eigenvalue weighted by Gasteiger charge is 2.29. The number of hydrogen-bond acceptors (Lipinski definition) is 3. The van der Waals surface area contributed by atoms with Crippen LogP contribution in [0.4, 0.5) is 0 Å². The zero-order valence-electron chi connectivity index (χ0n) is 11.8.